The van der Waals surface area contributed by atoms with Crippen LogP contribution in [-0.2, 0) is 17.9 Å². The Hall–Kier alpha value is -3.29. The molecule has 0 radical (unpaired) electrons. The maximum absolute atomic E-state index is 14.4. The summed E-state index contributed by atoms with van der Waals surface area (Å²) in [5.74, 6) is 0.370. The predicted molar refractivity (Wildman–Crippen MR) is 149 cm³/mol. The number of piperazine rings is 1. The van der Waals surface area contributed by atoms with Crippen LogP contribution in [0.25, 0.3) is 0 Å². The zero-order valence-electron chi connectivity index (χ0n) is 22.0. The molecular formula is C31H38FN5O. The lowest BCUT2D eigenvalue weighted by Gasteiger charge is -2.47. The fraction of sp³-hybridized carbons (Fsp3) is 0.419. The first-order valence-corrected chi connectivity index (χ1v) is 13.8. The summed E-state index contributed by atoms with van der Waals surface area (Å²) in [6, 6.07) is 22.0. The molecule has 200 valence electrons. The predicted octanol–water partition coefficient (Wildman–Crippen LogP) is 4.33. The third-order valence-corrected chi connectivity index (χ3v) is 7.98. The van der Waals surface area contributed by atoms with Crippen LogP contribution >= 0.6 is 0 Å². The molecule has 0 bridgehead atoms. The van der Waals surface area contributed by atoms with E-state index in [-0.39, 0.29) is 11.7 Å². The minimum Gasteiger partial charge on any atom is -0.367 e. The number of carbonyl (C=O) groups excluding carboxylic acids is 1. The maximum Gasteiger partial charge on any atom is 0.220 e. The van der Waals surface area contributed by atoms with Gasteiger partial charge in [-0.05, 0) is 60.7 Å². The van der Waals surface area contributed by atoms with Crippen molar-refractivity contribution < 1.29 is 9.18 Å². The number of carbonyl (C=O) groups is 1. The molecule has 0 saturated carbocycles. The molecule has 3 aromatic rings. The highest BCUT2D eigenvalue weighted by atomic mass is 19.1. The van der Waals surface area contributed by atoms with Gasteiger partial charge in [0.15, 0.2) is 0 Å². The van der Waals surface area contributed by atoms with Crippen molar-refractivity contribution in [3.05, 3.63) is 96.1 Å². The Kier molecular flexibility index (Phi) is 8.99. The van der Waals surface area contributed by atoms with Crippen LogP contribution in [0.3, 0.4) is 0 Å². The van der Waals surface area contributed by atoms with Crippen LogP contribution in [0.5, 0.6) is 0 Å². The van der Waals surface area contributed by atoms with Crippen molar-refractivity contribution in [1.82, 2.24) is 20.1 Å². The van der Waals surface area contributed by atoms with Gasteiger partial charge in [-0.25, -0.2) is 4.39 Å². The Balaban J connectivity index is 1.19. The van der Waals surface area contributed by atoms with Crippen LogP contribution in [0, 0.1) is 11.7 Å². The highest BCUT2D eigenvalue weighted by molar-refractivity contribution is 5.75. The Morgan fingerprint density at radius 2 is 1.63 bits per heavy atom. The van der Waals surface area contributed by atoms with E-state index < -0.39 is 0 Å². The van der Waals surface area contributed by atoms with Gasteiger partial charge in [-0.1, -0.05) is 42.5 Å². The summed E-state index contributed by atoms with van der Waals surface area (Å²) in [6.45, 7) is 7.01. The van der Waals surface area contributed by atoms with Gasteiger partial charge in [0.25, 0.3) is 0 Å². The number of amides is 1. The third-order valence-electron chi connectivity index (χ3n) is 7.98. The van der Waals surface area contributed by atoms with Gasteiger partial charge in [0, 0.05) is 70.7 Å². The lowest BCUT2D eigenvalue weighted by molar-refractivity contribution is -0.121. The van der Waals surface area contributed by atoms with E-state index in [2.05, 4.69) is 55.3 Å². The number of para-hydroxylation sites is 1. The number of anilines is 1. The number of pyridine rings is 1. The molecule has 1 aromatic heterocycles. The first-order chi connectivity index (χ1) is 18.7. The molecule has 2 saturated heterocycles. The summed E-state index contributed by atoms with van der Waals surface area (Å²) in [5.41, 5.74) is 3.09. The summed E-state index contributed by atoms with van der Waals surface area (Å²) in [5, 5.41) is 3.08. The average molecular weight is 516 g/mol. The summed E-state index contributed by atoms with van der Waals surface area (Å²) < 4.78 is 14.4. The van der Waals surface area contributed by atoms with Crippen molar-refractivity contribution in [3.63, 3.8) is 0 Å². The minimum atomic E-state index is -0.147. The molecule has 0 aliphatic carbocycles. The quantitative estimate of drug-likeness (QED) is 0.460. The fourth-order valence-electron chi connectivity index (χ4n) is 5.95. The molecule has 2 aliphatic heterocycles. The van der Waals surface area contributed by atoms with Gasteiger partial charge in [-0.3, -0.25) is 19.6 Å². The monoisotopic (exact) mass is 515 g/mol. The number of benzene rings is 2. The highest BCUT2D eigenvalue weighted by Gasteiger charge is 2.35. The molecule has 7 heteroatoms. The van der Waals surface area contributed by atoms with Crippen molar-refractivity contribution in [2.45, 2.75) is 38.4 Å². The highest BCUT2D eigenvalue weighted by Crippen LogP contribution is 2.29. The van der Waals surface area contributed by atoms with Crippen molar-refractivity contribution >= 4 is 11.6 Å². The number of aromatic nitrogens is 1. The molecule has 5 rings (SSSR count). The molecule has 2 fully saturated rings. The molecule has 0 unspecified atom stereocenters. The molecule has 6 nitrogen and oxygen atoms in total. The zero-order chi connectivity index (χ0) is 26.2. The van der Waals surface area contributed by atoms with Crippen molar-refractivity contribution in [2.75, 3.05) is 44.2 Å². The Morgan fingerprint density at radius 1 is 0.895 bits per heavy atom. The molecule has 2 aliphatic rings. The molecular weight excluding hydrogens is 477 g/mol. The van der Waals surface area contributed by atoms with Gasteiger partial charge in [0.1, 0.15) is 5.82 Å². The van der Waals surface area contributed by atoms with Gasteiger partial charge in [0.2, 0.25) is 5.91 Å². The standard InChI is InChI=1S/C31H38FN5O/c32-28-8-4-5-9-30(28)37-20-18-36(19-21-37)29-14-17-35(23-26-6-2-1-3-7-26)24-27(29)10-11-31(38)34-22-25-12-15-33-16-13-25/h1-9,12-13,15-16,27,29H,10-11,14,17-24H2,(H,34,38)/t27-,29+/m0/s1. The first-order valence-electron chi connectivity index (χ1n) is 13.8. The minimum absolute atomic E-state index is 0.102. The van der Waals surface area contributed by atoms with Crippen LogP contribution in [0.1, 0.15) is 30.4 Å². The number of hydrogen-bond acceptors (Lipinski definition) is 5. The van der Waals surface area contributed by atoms with Gasteiger partial charge in [0.05, 0.1) is 5.69 Å². The van der Waals surface area contributed by atoms with E-state index in [1.54, 1.807) is 24.5 Å². The van der Waals surface area contributed by atoms with Gasteiger partial charge in [-0.15, -0.1) is 0 Å². The van der Waals surface area contributed by atoms with Crippen LogP contribution in [0.2, 0.25) is 0 Å². The number of nitrogens with one attached hydrogen (secondary N) is 1. The SMILES string of the molecule is O=C(CC[C@H]1CN(Cc2ccccc2)CC[C@H]1N1CCN(c2ccccc2F)CC1)NCc1ccncc1. The molecule has 38 heavy (non-hydrogen) atoms. The number of hydrogen-bond donors (Lipinski definition) is 1. The van der Waals surface area contributed by atoms with Gasteiger partial charge >= 0.3 is 0 Å². The topological polar surface area (TPSA) is 51.7 Å². The van der Waals surface area contributed by atoms with Crippen LogP contribution in [0.4, 0.5) is 10.1 Å². The number of likely N-dealkylation sites (tertiary alicyclic amines) is 1. The number of halogens is 1. The summed E-state index contributed by atoms with van der Waals surface area (Å²) in [4.78, 5) is 24.1. The van der Waals surface area contributed by atoms with E-state index >= 15 is 0 Å². The van der Waals surface area contributed by atoms with Crippen molar-refractivity contribution in [1.29, 1.82) is 0 Å². The molecule has 2 atom stereocenters. The van der Waals surface area contributed by atoms with Crippen LogP contribution in [-0.4, -0.2) is 66.0 Å². The largest absolute Gasteiger partial charge is 0.367 e. The second-order valence-corrected chi connectivity index (χ2v) is 10.5. The van der Waals surface area contributed by atoms with E-state index in [1.165, 1.54) is 5.56 Å². The Morgan fingerprint density at radius 3 is 2.39 bits per heavy atom. The molecule has 1 amide bonds. The fourth-order valence-corrected chi connectivity index (χ4v) is 5.95. The number of piperidine rings is 1. The molecule has 1 N–H and O–H groups in total. The van der Waals surface area contributed by atoms with E-state index in [1.807, 2.05) is 24.3 Å². The van der Waals surface area contributed by atoms with E-state index in [4.69, 9.17) is 0 Å². The number of nitrogens with zero attached hydrogens (tertiary/aromatic N) is 4. The van der Waals surface area contributed by atoms with Crippen LogP contribution < -0.4 is 10.2 Å². The Labute approximate surface area is 225 Å². The van der Waals surface area contributed by atoms with Gasteiger partial charge < -0.3 is 10.2 Å². The van der Waals surface area contributed by atoms with Crippen LogP contribution in [0.15, 0.2) is 79.1 Å². The molecule has 2 aromatic carbocycles. The second kappa shape index (κ2) is 13.0. The maximum atomic E-state index is 14.4. The summed E-state index contributed by atoms with van der Waals surface area (Å²) in [7, 11) is 0. The van der Waals surface area contributed by atoms with E-state index in [0.29, 0.717) is 30.6 Å². The number of rotatable bonds is 9. The zero-order valence-corrected chi connectivity index (χ0v) is 22.0. The first kappa shape index (κ1) is 26.3. The average Bonchev–Trinajstić information content (AvgIpc) is 2.97. The summed E-state index contributed by atoms with van der Waals surface area (Å²) in [6.07, 6.45) is 5.99. The summed E-state index contributed by atoms with van der Waals surface area (Å²) >= 11 is 0. The van der Waals surface area contributed by atoms with Crippen molar-refractivity contribution in [3.8, 4) is 0 Å². The lowest BCUT2D eigenvalue weighted by Crippen LogP contribution is -2.56. The second-order valence-electron chi connectivity index (χ2n) is 10.5. The molecule has 3 heterocycles. The van der Waals surface area contributed by atoms with Gasteiger partial charge in [-0.2, -0.15) is 0 Å². The van der Waals surface area contributed by atoms with E-state index in [9.17, 15) is 9.18 Å². The smallest absolute Gasteiger partial charge is 0.220 e. The Bertz CT molecular complexity index is 1150. The normalized spacial score (nSPS) is 20.8. The van der Waals surface area contributed by atoms with E-state index in [0.717, 1.165) is 64.2 Å². The lowest BCUT2D eigenvalue weighted by atomic mass is 9.86. The van der Waals surface area contributed by atoms with Crippen molar-refractivity contribution in [2.24, 2.45) is 5.92 Å². The molecule has 0 spiro atoms. The third kappa shape index (κ3) is 6.97.